The zero-order valence-electron chi connectivity index (χ0n) is 24.4. The van der Waals surface area contributed by atoms with Gasteiger partial charge >= 0.3 is 0 Å². The first kappa shape index (κ1) is 30.9. The van der Waals surface area contributed by atoms with Crippen LogP contribution in [0, 0.1) is 11.8 Å². The third kappa shape index (κ3) is 7.13. The average molecular weight is 617 g/mol. The van der Waals surface area contributed by atoms with Crippen molar-refractivity contribution < 1.29 is 27.4 Å². The first-order valence-electron chi connectivity index (χ1n) is 14.8. The molecule has 2 aromatic rings. The number of methoxy groups -OCH3 is 2. The summed E-state index contributed by atoms with van der Waals surface area (Å²) in [6.45, 7) is 1.94. The lowest BCUT2D eigenvalue weighted by Crippen LogP contribution is -2.44. The Bertz CT molecular complexity index is 1400. The van der Waals surface area contributed by atoms with E-state index in [1.165, 1.54) is 12.7 Å². The summed E-state index contributed by atoms with van der Waals surface area (Å²) in [7, 11) is -0.779. The molecule has 0 unspecified atom stereocenters. The van der Waals surface area contributed by atoms with Gasteiger partial charge in [0.15, 0.2) is 0 Å². The van der Waals surface area contributed by atoms with Crippen molar-refractivity contribution in [3.8, 4) is 5.75 Å². The van der Waals surface area contributed by atoms with E-state index in [4.69, 9.17) is 25.8 Å². The molecular formula is C32H41ClN2O6S. The number of anilines is 1. The second kappa shape index (κ2) is 13.8. The molecule has 2 aromatic carbocycles. The molecule has 2 aliphatic heterocycles. The van der Waals surface area contributed by atoms with Crippen LogP contribution in [0.1, 0.15) is 60.0 Å². The Morgan fingerprint density at radius 3 is 2.69 bits per heavy atom. The Morgan fingerprint density at radius 1 is 1.07 bits per heavy atom. The molecule has 0 saturated heterocycles. The fraction of sp³-hybridized carbons (Fsp3) is 0.531. The minimum atomic E-state index is -3.98. The summed E-state index contributed by atoms with van der Waals surface area (Å²) in [6, 6.07) is 11.1. The summed E-state index contributed by atoms with van der Waals surface area (Å²) in [5.41, 5.74) is 3.34. The van der Waals surface area contributed by atoms with Crippen molar-refractivity contribution >= 4 is 33.2 Å². The molecule has 1 saturated carbocycles. The fourth-order valence-corrected chi connectivity index (χ4v) is 7.81. The Morgan fingerprint density at radius 2 is 1.93 bits per heavy atom. The number of allylic oxidation sites excluding steroid dienone is 1. The Labute approximate surface area is 254 Å². The molecule has 1 fully saturated rings. The maximum atomic E-state index is 13.4. The predicted molar refractivity (Wildman–Crippen MR) is 165 cm³/mol. The highest BCUT2D eigenvalue weighted by Crippen LogP contribution is 2.41. The lowest BCUT2D eigenvalue weighted by atomic mass is 9.70. The van der Waals surface area contributed by atoms with E-state index < -0.39 is 21.2 Å². The molecule has 5 rings (SSSR count). The van der Waals surface area contributed by atoms with Crippen LogP contribution in [0.3, 0.4) is 0 Å². The molecule has 1 N–H and O–H groups in total. The molecular weight excluding hydrogens is 576 g/mol. The van der Waals surface area contributed by atoms with Crippen LogP contribution in [-0.2, 0) is 32.5 Å². The highest BCUT2D eigenvalue weighted by Gasteiger charge is 2.38. The summed E-state index contributed by atoms with van der Waals surface area (Å²) >= 11 is 6.32. The number of nitrogens with zero attached hydrogens (tertiary/aromatic N) is 1. The van der Waals surface area contributed by atoms with Gasteiger partial charge in [-0.1, -0.05) is 29.8 Å². The first-order valence-corrected chi connectivity index (χ1v) is 16.7. The zero-order valence-corrected chi connectivity index (χ0v) is 26.0. The number of carbonyl (C=O) groups excluding carboxylic acids is 1. The lowest BCUT2D eigenvalue weighted by molar-refractivity contribution is 0.0134. The molecule has 10 heteroatoms. The number of benzene rings is 2. The number of amides is 1. The molecule has 42 heavy (non-hydrogen) atoms. The largest absolute Gasteiger partial charge is 0.487 e. The molecule has 3 aliphatic rings. The van der Waals surface area contributed by atoms with Gasteiger partial charge in [0.1, 0.15) is 17.6 Å². The number of aryl methyl sites for hydroxylation is 1. The van der Waals surface area contributed by atoms with Crippen molar-refractivity contribution in [1.82, 2.24) is 4.72 Å². The highest BCUT2D eigenvalue weighted by atomic mass is 35.5. The van der Waals surface area contributed by atoms with Crippen LogP contribution in [0.25, 0.3) is 0 Å². The number of ether oxygens (including phenoxy) is 3. The SMILES string of the molecule is COC[C@@H]1CC/C=C/[C@H](OC)[C@@H]2CC[C@H]2CN2CCCCc3cc(Cl)ccc3COc3ccc(cc32)C(=O)NS1(=O)=O. The molecule has 1 aliphatic carbocycles. The predicted octanol–water partition coefficient (Wildman–Crippen LogP) is 5.53. The number of carbonyl (C=O) groups is 1. The van der Waals surface area contributed by atoms with E-state index in [0.717, 1.165) is 56.4 Å². The minimum Gasteiger partial charge on any atom is -0.487 e. The third-order valence-corrected chi connectivity index (χ3v) is 10.8. The van der Waals surface area contributed by atoms with Gasteiger partial charge in [-0.25, -0.2) is 13.1 Å². The molecule has 8 nitrogen and oxygen atoms in total. The molecule has 0 radical (unpaired) electrons. The second-order valence-corrected chi connectivity index (χ2v) is 13.9. The molecule has 2 bridgehead atoms. The van der Waals surface area contributed by atoms with E-state index >= 15 is 0 Å². The van der Waals surface area contributed by atoms with Crippen molar-refractivity contribution in [2.24, 2.45) is 11.8 Å². The fourth-order valence-electron chi connectivity index (χ4n) is 6.31. The van der Waals surface area contributed by atoms with Gasteiger partial charge in [-0.3, -0.25) is 4.79 Å². The quantitative estimate of drug-likeness (QED) is 0.453. The number of nitrogens with one attached hydrogen (secondary N) is 1. The van der Waals surface area contributed by atoms with Crippen molar-refractivity contribution in [1.29, 1.82) is 0 Å². The van der Waals surface area contributed by atoms with E-state index in [9.17, 15) is 13.2 Å². The van der Waals surface area contributed by atoms with Gasteiger partial charge in [0.25, 0.3) is 5.91 Å². The standard InChI is InChI=1S/C32H41ClN2O6S/c1-39-21-27-8-3-4-9-30(40-2)28-14-11-24(28)19-35-16-6-5-7-22-17-26(33)13-10-25(22)20-41-31-15-12-23(18-29(31)35)32(36)34-42(27,37)38/h4,9-10,12-13,15,17-18,24,27-28,30H,3,5-8,11,14,16,19-21H2,1-2H3,(H,34,36)/b9-4+/t24-,27-,28+,30-/m0/s1. The number of fused-ring (bicyclic) bond motifs is 3. The van der Waals surface area contributed by atoms with Gasteiger partial charge in [-0.15, -0.1) is 0 Å². The Hall–Kier alpha value is -2.59. The van der Waals surface area contributed by atoms with Crippen LogP contribution < -0.4 is 14.4 Å². The summed E-state index contributed by atoms with van der Waals surface area (Å²) < 4.78 is 46.4. The molecule has 1 amide bonds. The molecule has 228 valence electrons. The summed E-state index contributed by atoms with van der Waals surface area (Å²) in [6.07, 6.45) is 9.90. The maximum Gasteiger partial charge on any atom is 0.264 e. The summed E-state index contributed by atoms with van der Waals surface area (Å²) in [5, 5.41) is -0.152. The minimum absolute atomic E-state index is 0.00660. The average Bonchev–Trinajstić information content (AvgIpc) is 2.98. The highest BCUT2D eigenvalue weighted by molar-refractivity contribution is 7.90. The number of hydrogen-bond donors (Lipinski definition) is 1. The van der Waals surface area contributed by atoms with Crippen LogP contribution in [0.4, 0.5) is 5.69 Å². The van der Waals surface area contributed by atoms with Crippen LogP contribution >= 0.6 is 11.6 Å². The van der Waals surface area contributed by atoms with Crippen molar-refractivity contribution in [3.63, 3.8) is 0 Å². The molecule has 0 spiro atoms. The van der Waals surface area contributed by atoms with Crippen LogP contribution in [0.5, 0.6) is 5.75 Å². The number of halogens is 1. The Kier molecular flexibility index (Phi) is 10.1. The normalized spacial score (nSPS) is 27.2. The molecule has 0 aromatic heterocycles. The van der Waals surface area contributed by atoms with Crippen LogP contribution in [-0.4, -0.2) is 59.6 Å². The maximum absolute atomic E-state index is 13.4. The smallest absolute Gasteiger partial charge is 0.264 e. The van der Waals surface area contributed by atoms with Gasteiger partial charge in [0.05, 0.1) is 18.4 Å². The molecule has 4 atom stereocenters. The van der Waals surface area contributed by atoms with Crippen LogP contribution in [0.15, 0.2) is 48.6 Å². The second-order valence-electron chi connectivity index (χ2n) is 11.5. The number of sulfonamides is 1. The van der Waals surface area contributed by atoms with E-state index in [0.29, 0.717) is 42.1 Å². The van der Waals surface area contributed by atoms with Gasteiger partial charge in [0.2, 0.25) is 10.0 Å². The molecule has 2 heterocycles. The third-order valence-electron chi connectivity index (χ3n) is 8.87. The van der Waals surface area contributed by atoms with Gasteiger partial charge in [-0.2, -0.15) is 0 Å². The van der Waals surface area contributed by atoms with E-state index in [2.05, 4.69) is 15.7 Å². The van der Waals surface area contributed by atoms with Crippen molar-refractivity contribution in [2.75, 3.05) is 38.8 Å². The van der Waals surface area contributed by atoms with E-state index in [1.54, 1.807) is 25.3 Å². The van der Waals surface area contributed by atoms with Crippen molar-refractivity contribution in [2.45, 2.75) is 62.9 Å². The summed E-state index contributed by atoms with van der Waals surface area (Å²) in [5.74, 6) is 0.782. The van der Waals surface area contributed by atoms with Gasteiger partial charge in [0, 0.05) is 37.9 Å². The number of rotatable bonds is 3. The topological polar surface area (TPSA) is 94.2 Å². The zero-order chi connectivity index (χ0) is 29.7. The van der Waals surface area contributed by atoms with Gasteiger partial charge < -0.3 is 19.1 Å². The Balaban J connectivity index is 1.54. The van der Waals surface area contributed by atoms with Gasteiger partial charge in [-0.05, 0) is 98.2 Å². The van der Waals surface area contributed by atoms with E-state index in [1.807, 2.05) is 24.3 Å². The lowest BCUT2D eigenvalue weighted by Gasteiger charge is -2.43. The van der Waals surface area contributed by atoms with Crippen LogP contribution in [0.2, 0.25) is 5.02 Å². The summed E-state index contributed by atoms with van der Waals surface area (Å²) in [4.78, 5) is 15.7. The van der Waals surface area contributed by atoms with E-state index in [-0.39, 0.29) is 18.3 Å². The monoisotopic (exact) mass is 616 g/mol. The van der Waals surface area contributed by atoms with Crippen molar-refractivity contribution in [3.05, 3.63) is 70.3 Å². The first-order chi connectivity index (χ1) is 20.3. The number of hydrogen-bond acceptors (Lipinski definition) is 7.